The van der Waals surface area contributed by atoms with E-state index in [1.165, 1.54) is 0 Å². The molecule has 118 valence electrons. The van der Waals surface area contributed by atoms with Crippen molar-refractivity contribution in [3.8, 4) is 0 Å². The number of hydrogen-bond donors (Lipinski definition) is 3. The maximum Gasteiger partial charge on any atom is 0.320 e. The SMILES string of the molecule is CC(C)(C)c1cnn(C(=O)C(N)CCC[C@H](N)C(=O)O)n1. The molecular weight excluding hydrogens is 274 g/mol. The molecule has 0 aliphatic heterocycles. The number of aromatic nitrogens is 3. The van der Waals surface area contributed by atoms with Crippen molar-refractivity contribution in [2.24, 2.45) is 11.5 Å². The molecule has 0 saturated heterocycles. The third-order valence-corrected chi connectivity index (χ3v) is 3.12. The van der Waals surface area contributed by atoms with Crippen LogP contribution in [0.4, 0.5) is 0 Å². The highest BCUT2D eigenvalue weighted by Crippen LogP contribution is 2.18. The second-order valence-electron chi connectivity index (χ2n) is 6.09. The summed E-state index contributed by atoms with van der Waals surface area (Å²) in [7, 11) is 0. The van der Waals surface area contributed by atoms with Crippen LogP contribution in [-0.4, -0.2) is 44.1 Å². The van der Waals surface area contributed by atoms with E-state index >= 15 is 0 Å². The second-order valence-corrected chi connectivity index (χ2v) is 6.09. The minimum absolute atomic E-state index is 0.198. The van der Waals surface area contributed by atoms with Crippen molar-refractivity contribution in [1.29, 1.82) is 0 Å². The van der Waals surface area contributed by atoms with Crippen molar-refractivity contribution in [2.45, 2.75) is 57.5 Å². The fourth-order valence-electron chi connectivity index (χ4n) is 1.67. The molecule has 1 rings (SSSR count). The van der Waals surface area contributed by atoms with Crippen LogP contribution in [0.5, 0.6) is 0 Å². The smallest absolute Gasteiger partial charge is 0.320 e. The van der Waals surface area contributed by atoms with Gasteiger partial charge in [0.25, 0.3) is 5.91 Å². The molecule has 1 unspecified atom stereocenters. The maximum atomic E-state index is 12.1. The van der Waals surface area contributed by atoms with E-state index in [2.05, 4.69) is 10.2 Å². The quantitative estimate of drug-likeness (QED) is 0.678. The minimum Gasteiger partial charge on any atom is -0.480 e. The zero-order valence-electron chi connectivity index (χ0n) is 12.6. The summed E-state index contributed by atoms with van der Waals surface area (Å²) in [5.74, 6) is -1.46. The third-order valence-electron chi connectivity index (χ3n) is 3.12. The Bertz CT molecular complexity index is 506. The highest BCUT2D eigenvalue weighted by Gasteiger charge is 2.23. The summed E-state index contributed by atoms with van der Waals surface area (Å²) in [6.07, 6.45) is 2.61. The number of hydrogen-bond acceptors (Lipinski definition) is 6. The van der Waals surface area contributed by atoms with Crippen molar-refractivity contribution < 1.29 is 14.7 Å². The lowest BCUT2D eigenvalue weighted by Gasteiger charge is -2.13. The highest BCUT2D eigenvalue weighted by atomic mass is 16.4. The maximum absolute atomic E-state index is 12.1. The summed E-state index contributed by atoms with van der Waals surface area (Å²) in [4.78, 5) is 23.6. The largest absolute Gasteiger partial charge is 0.480 e. The Hall–Kier alpha value is -1.80. The Kier molecular flexibility index (Phi) is 5.56. The first-order chi connectivity index (χ1) is 9.62. The first kappa shape index (κ1) is 17.3. The van der Waals surface area contributed by atoms with Crippen molar-refractivity contribution in [3.05, 3.63) is 11.9 Å². The molecule has 0 amide bonds. The van der Waals surface area contributed by atoms with Gasteiger partial charge < -0.3 is 16.6 Å². The van der Waals surface area contributed by atoms with Gasteiger partial charge in [-0.25, -0.2) is 0 Å². The van der Waals surface area contributed by atoms with Gasteiger partial charge in [0.15, 0.2) is 0 Å². The number of nitrogens with two attached hydrogens (primary N) is 2. The van der Waals surface area contributed by atoms with Gasteiger partial charge in [0.2, 0.25) is 0 Å². The molecule has 0 radical (unpaired) electrons. The van der Waals surface area contributed by atoms with E-state index in [0.29, 0.717) is 18.5 Å². The lowest BCUT2D eigenvalue weighted by atomic mass is 9.93. The molecule has 5 N–H and O–H groups in total. The van der Waals surface area contributed by atoms with Crippen LogP contribution in [0.25, 0.3) is 0 Å². The van der Waals surface area contributed by atoms with Crippen LogP contribution < -0.4 is 11.5 Å². The van der Waals surface area contributed by atoms with E-state index in [1.54, 1.807) is 6.20 Å². The van der Waals surface area contributed by atoms with Crippen LogP contribution in [0.1, 0.15) is 50.5 Å². The van der Waals surface area contributed by atoms with Gasteiger partial charge in [0.1, 0.15) is 6.04 Å². The van der Waals surface area contributed by atoms with E-state index in [4.69, 9.17) is 16.6 Å². The first-order valence-electron chi connectivity index (χ1n) is 6.84. The number of nitrogens with zero attached hydrogens (tertiary/aromatic N) is 3. The van der Waals surface area contributed by atoms with Crippen LogP contribution >= 0.6 is 0 Å². The van der Waals surface area contributed by atoms with E-state index in [0.717, 1.165) is 4.80 Å². The summed E-state index contributed by atoms with van der Waals surface area (Å²) < 4.78 is 0. The number of aliphatic carboxylic acids is 1. The molecule has 21 heavy (non-hydrogen) atoms. The molecule has 8 heteroatoms. The van der Waals surface area contributed by atoms with Crippen LogP contribution in [0.15, 0.2) is 6.20 Å². The van der Waals surface area contributed by atoms with Crippen molar-refractivity contribution in [3.63, 3.8) is 0 Å². The van der Waals surface area contributed by atoms with Gasteiger partial charge in [0, 0.05) is 5.41 Å². The molecule has 0 spiro atoms. The molecule has 0 aliphatic rings. The minimum atomic E-state index is -1.06. The lowest BCUT2D eigenvalue weighted by Crippen LogP contribution is -2.37. The van der Waals surface area contributed by atoms with E-state index in [-0.39, 0.29) is 11.8 Å². The van der Waals surface area contributed by atoms with Crippen molar-refractivity contribution in [1.82, 2.24) is 15.0 Å². The summed E-state index contributed by atoms with van der Waals surface area (Å²) in [5, 5.41) is 16.7. The van der Waals surface area contributed by atoms with Crippen LogP contribution in [-0.2, 0) is 10.2 Å². The molecule has 0 bridgehead atoms. The van der Waals surface area contributed by atoms with Gasteiger partial charge in [-0.05, 0) is 19.3 Å². The molecule has 0 aliphatic carbocycles. The van der Waals surface area contributed by atoms with Crippen molar-refractivity contribution >= 4 is 11.9 Å². The van der Waals surface area contributed by atoms with Crippen LogP contribution in [0.2, 0.25) is 0 Å². The molecule has 2 atom stereocenters. The molecule has 0 aromatic carbocycles. The zero-order valence-corrected chi connectivity index (χ0v) is 12.6. The van der Waals surface area contributed by atoms with E-state index in [1.807, 2.05) is 20.8 Å². The fourth-order valence-corrected chi connectivity index (χ4v) is 1.67. The number of carboxylic acids is 1. The molecule has 1 aromatic rings. The number of carbonyl (C=O) groups is 2. The molecule has 8 nitrogen and oxygen atoms in total. The topological polar surface area (TPSA) is 137 Å². The zero-order chi connectivity index (χ0) is 16.2. The fraction of sp³-hybridized carbons (Fsp3) is 0.692. The standard InChI is InChI=1S/C13H23N5O3/c1-13(2,3)10-7-16-18(17-10)11(19)8(14)5-4-6-9(15)12(20)21/h7-9H,4-6,14-15H2,1-3H3,(H,20,21)/t8?,9-/m0/s1. The summed E-state index contributed by atoms with van der Waals surface area (Å²) in [6.45, 7) is 5.91. The van der Waals surface area contributed by atoms with E-state index < -0.39 is 24.0 Å². The molecular formula is C13H23N5O3. The predicted octanol–water partition coefficient (Wildman–Crippen LogP) is 0.125. The Morgan fingerprint density at radius 1 is 1.29 bits per heavy atom. The van der Waals surface area contributed by atoms with E-state index in [9.17, 15) is 9.59 Å². The van der Waals surface area contributed by atoms with Gasteiger partial charge in [0.05, 0.1) is 17.9 Å². The van der Waals surface area contributed by atoms with Gasteiger partial charge >= 0.3 is 5.97 Å². The average molecular weight is 297 g/mol. The summed E-state index contributed by atoms with van der Waals surface area (Å²) in [6, 6.07) is -1.70. The van der Waals surface area contributed by atoms with Gasteiger partial charge in [-0.15, -0.1) is 9.90 Å². The number of rotatable bonds is 6. The predicted molar refractivity (Wildman–Crippen MR) is 76.8 cm³/mol. The summed E-state index contributed by atoms with van der Waals surface area (Å²) in [5.41, 5.74) is 11.7. The average Bonchev–Trinajstić information content (AvgIpc) is 2.86. The van der Waals surface area contributed by atoms with Gasteiger partial charge in [-0.1, -0.05) is 20.8 Å². The normalized spacial score (nSPS) is 14.7. The molecule has 0 fully saturated rings. The van der Waals surface area contributed by atoms with Crippen LogP contribution in [0, 0.1) is 0 Å². The number of carboxylic acid groups (broad SMARTS) is 1. The van der Waals surface area contributed by atoms with Crippen LogP contribution in [0.3, 0.4) is 0 Å². The van der Waals surface area contributed by atoms with Gasteiger partial charge in [-0.3, -0.25) is 9.59 Å². The number of carbonyl (C=O) groups excluding carboxylic acids is 1. The van der Waals surface area contributed by atoms with Crippen molar-refractivity contribution in [2.75, 3.05) is 0 Å². The Morgan fingerprint density at radius 3 is 2.33 bits per heavy atom. The highest BCUT2D eigenvalue weighted by molar-refractivity contribution is 5.82. The Balaban J connectivity index is 2.55. The lowest BCUT2D eigenvalue weighted by molar-refractivity contribution is -0.138. The second kappa shape index (κ2) is 6.77. The molecule has 0 saturated carbocycles. The first-order valence-corrected chi connectivity index (χ1v) is 6.84. The molecule has 1 aromatic heterocycles. The third kappa shape index (κ3) is 4.91. The monoisotopic (exact) mass is 297 g/mol. The summed E-state index contributed by atoms with van der Waals surface area (Å²) >= 11 is 0. The Labute approximate surface area is 123 Å². The molecule has 1 heterocycles. The Morgan fingerprint density at radius 2 is 1.86 bits per heavy atom. The van der Waals surface area contributed by atoms with Gasteiger partial charge in [-0.2, -0.15) is 5.10 Å².